The first-order valence-corrected chi connectivity index (χ1v) is 3.52. The second kappa shape index (κ2) is 2.04. The van der Waals surface area contributed by atoms with E-state index in [0.29, 0.717) is 5.56 Å². The van der Waals surface area contributed by atoms with Gasteiger partial charge in [-0.3, -0.25) is 4.98 Å². The number of nitrogens with zero attached hydrogens (tertiary/aromatic N) is 1. The number of fused-ring (bicyclic) bond motifs is 1. The van der Waals surface area contributed by atoms with E-state index in [4.69, 9.17) is 0 Å². The minimum Gasteiger partial charge on any atom is -0.424 e. The average molecular weight is 165 g/mol. The zero-order valence-corrected chi connectivity index (χ0v) is 6.44. The Morgan fingerprint density at radius 3 is 3.08 bits per heavy atom. The molecular weight excluding hydrogens is 158 g/mol. The van der Waals surface area contributed by atoms with Gasteiger partial charge in [0.2, 0.25) is 0 Å². The molecular formula is C8H7NO3. The van der Waals surface area contributed by atoms with Crippen molar-refractivity contribution in [1.82, 2.24) is 4.98 Å². The Balaban J connectivity index is 2.66. The number of carbonyl (C=O) groups excluding carboxylic acids is 1. The maximum absolute atomic E-state index is 11.1. The van der Waals surface area contributed by atoms with Crippen LogP contribution in [0.15, 0.2) is 18.3 Å². The van der Waals surface area contributed by atoms with Crippen molar-refractivity contribution < 1.29 is 14.6 Å². The number of rotatable bonds is 0. The molecule has 1 aromatic rings. The van der Waals surface area contributed by atoms with Crippen LogP contribution in [0.1, 0.15) is 23.0 Å². The van der Waals surface area contributed by atoms with Crippen molar-refractivity contribution in [2.45, 2.75) is 12.7 Å². The summed E-state index contributed by atoms with van der Waals surface area (Å²) < 4.78 is 4.67. The lowest BCUT2D eigenvalue weighted by Crippen LogP contribution is -2.21. The van der Waals surface area contributed by atoms with E-state index in [2.05, 4.69) is 9.72 Å². The Bertz CT molecular complexity index is 346. The molecule has 62 valence electrons. The maximum atomic E-state index is 11.1. The van der Waals surface area contributed by atoms with Gasteiger partial charge in [0.25, 0.3) is 5.79 Å². The Morgan fingerprint density at radius 1 is 1.67 bits per heavy atom. The second-order valence-corrected chi connectivity index (χ2v) is 2.77. The lowest BCUT2D eigenvalue weighted by atomic mass is 10.1. The minimum atomic E-state index is -1.56. The van der Waals surface area contributed by atoms with Crippen molar-refractivity contribution >= 4 is 5.97 Å². The predicted molar refractivity (Wildman–Crippen MR) is 39.2 cm³/mol. The van der Waals surface area contributed by atoms with E-state index in [1.807, 2.05) is 0 Å². The van der Waals surface area contributed by atoms with E-state index in [0.717, 1.165) is 0 Å². The van der Waals surface area contributed by atoms with Crippen molar-refractivity contribution in [3.63, 3.8) is 0 Å². The molecule has 0 bridgehead atoms. The van der Waals surface area contributed by atoms with Crippen LogP contribution in [0.25, 0.3) is 0 Å². The minimum absolute atomic E-state index is 0.287. The highest BCUT2D eigenvalue weighted by Gasteiger charge is 2.41. The third-order valence-electron chi connectivity index (χ3n) is 1.76. The highest BCUT2D eigenvalue weighted by atomic mass is 16.7. The largest absolute Gasteiger partial charge is 0.424 e. The zero-order chi connectivity index (χ0) is 8.77. The van der Waals surface area contributed by atoms with Gasteiger partial charge in [0, 0.05) is 13.1 Å². The SMILES string of the molecule is C[C@@]1(O)OC(=O)c2cccnc21. The summed E-state index contributed by atoms with van der Waals surface area (Å²) in [5.41, 5.74) is 0.623. The van der Waals surface area contributed by atoms with Crippen molar-refractivity contribution in [3.8, 4) is 0 Å². The number of hydrogen-bond acceptors (Lipinski definition) is 4. The molecule has 1 atom stereocenters. The van der Waals surface area contributed by atoms with E-state index < -0.39 is 11.8 Å². The second-order valence-electron chi connectivity index (χ2n) is 2.77. The molecule has 0 spiro atoms. The lowest BCUT2D eigenvalue weighted by Gasteiger charge is -2.13. The molecule has 1 aromatic heterocycles. The van der Waals surface area contributed by atoms with Crippen LogP contribution in [0, 0.1) is 0 Å². The number of cyclic esters (lactones) is 1. The first kappa shape index (κ1) is 7.24. The Kier molecular flexibility index (Phi) is 1.23. The standard InChI is InChI=1S/C8H7NO3/c1-8(11)6-5(7(10)12-8)3-2-4-9-6/h2-4,11H,1H3/t8-/m1/s1. The number of carbonyl (C=O) groups is 1. The van der Waals surface area contributed by atoms with Gasteiger partial charge in [0.15, 0.2) is 0 Å². The Morgan fingerprint density at radius 2 is 2.42 bits per heavy atom. The number of esters is 1. The van der Waals surface area contributed by atoms with E-state index in [9.17, 15) is 9.90 Å². The smallest absolute Gasteiger partial charge is 0.343 e. The van der Waals surface area contributed by atoms with Crippen molar-refractivity contribution in [2.75, 3.05) is 0 Å². The van der Waals surface area contributed by atoms with Gasteiger partial charge in [-0.1, -0.05) is 0 Å². The predicted octanol–water partition coefficient (Wildman–Crippen LogP) is 0.417. The zero-order valence-electron chi connectivity index (χ0n) is 6.44. The molecule has 2 rings (SSSR count). The highest BCUT2D eigenvalue weighted by molar-refractivity contribution is 5.93. The topological polar surface area (TPSA) is 59.4 Å². The molecule has 1 aliphatic rings. The molecule has 0 saturated carbocycles. The number of aliphatic hydroxyl groups is 1. The lowest BCUT2D eigenvalue weighted by molar-refractivity contribution is -0.150. The van der Waals surface area contributed by atoms with Crippen LogP contribution >= 0.6 is 0 Å². The molecule has 0 fully saturated rings. The van der Waals surface area contributed by atoms with Gasteiger partial charge in [-0.2, -0.15) is 0 Å². The maximum Gasteiger partial charge on any atom is 0.343 e. The first-order valence-electron chi connectivity index (χ1n) is 3.52. The third-order valence-corrected chi connectivity index (χ3v) is 1.76. The van der Waals surface area contributed by atoms with Gasteiger partial charge in [-0.25, -0.2) is 4.79 Å². The molecule has 4 heteroatoms. The molecule has 12 heavy (non-hydrogen) atoms. The number of hydrogen-bond donors (Lipinski definition) is 1. The Hall–Kier alpha value is -1.42. The highest BCUT2D eigenvalue weighted by Crippen LogP contribution is 2.31. The normalized spacial score (nSPS) is 26.7. The van der Waals surface area contributed by atoms with E-state index >= 15 is 0 Å². The molecule has 0 aromatic carbocycles. The number of aromatic nitrogens is 1. The van der Waals surface area contributed by atoms with Crippen LogP contribution in [0.5, 0.6) is 0 Å². The summed E-state index contributed by atoms with van der Waals surface area (Å²) in [6.45, 7) is 1.39. The van der Waals surface area contributed by atoms with Crippen LogP contribution in [-0.2, 0) is 10.5 Å². The van der Waals surface area contributed by atoms with Crippen molar-refractivity contribution in [3.05, 3.63) is 29.6 Å². The third kappa shape index (κ3) is 0.816. The fourth-order valence-electron chi connectivity index (χ4n) is 1.22. The molecule has 4 nitrogen and oxygen atoms in total. The van der Waals surface area contributed by atoms with Gasteiger partial charge in [-0.15, -0.1) is 0 Å². The monoisotopic (exact) mass is 165 g/mol. The van der Waals surface area contributed by atoms with E-state index in [1.165, 1.54) is 13.1 Å². The fourth-order valence-corrected chi connectivity index (χ4v) is 1.22. The average Bonchev–Trinajstić information content (AvgIpc) is 2.25. The molecule has 2 heterocycles. The van der Waals surface area contributed by atoms with Crippen LogP contribution < -0.4 is 0 Å². The molecule has 0 unspecified atom stereocenters. The molecule has 0 amide bonds. The van der Waals surface area contributed by atoms with Gasteiger partial charge >= 0.3 is 5.97 Å². The summed E-state index contributed by atoms with van der Waals surface area (Å²) in [5.74, 6) is -2.09. The van der Waals surface area contributed by atoms with Gasteiger partial charge in [0.05, 0.1) is 5.56 Å². The molecule has 0 radical (unpaired) electrons. The quantitative estimate of drug-likeness (QED) is 0.566. The molecule has 1 aliphatic heterocycles. The summed E-state index contributed by atoms with van der Waals surface area (Å²) in [5, 5.41) is 9.51. The summed E-state index contributed by atoms with van der Waals surface area (Å²) in [7, 11) is 0. The first-order chi connectivity index (χ1) is 5.61. The number of ether oxygens (including phenoxy) is 1. The van der Waals surface area contributed by atoms with Gasteiger partial charge in [0.1, 0.15) is 5.69 Å². The number of pyridine rings is 1. The van der Waals surface area contributed by atoms with Crippen LogP contribution in [-0.4, -0.2) is 16.1 Å². The summed E-state index contributed by atoms with van der Waals surface area (Å²) >= 11 is 0. The summed E-state index contributed by atoms with van der Waals surface area (Å²) in [4.78, 5) is 14.9. The molecule has 0 aliphatic carbocycles. The summed E-state index contributed by atoms with van der Waals surface area (Å²) in [6.07, 6.45) is 1.51. The van der Waals surface area contributed by atoms with Crippen molar-refractivity contribution in [1.29, 1.82) is 0 Å². The van der Waals surface area contributed by atoms with Gasteiger partial charge in [-0.05, 0) is 12.1 Å². The molecule has 0 saturated heterocycles. The van der Waals surface area contributed by atoms with Crippen LogP contribution in [0.3, 0.4) is 0 Å². The van der Waals surface area contributed by atoms with E-state index in [1.54, 1.807) is 12.1 Å². The Labute approximate surface area is 68.8 Å². The molecule has 1 N–H and O–H groups in total. The summed E-state index contributed by atoms with van der Waals surface area (Å²) in [6, 6.07) is 3.20. The van der Waals surface area contributed by atoms with Crippen LogP contribution in [0.4, 0.5) is 0 Å². The van der Waals surface area contributed by atoms with Gasteiger partial charge < -0.3 is 9.84 Å². The van der Waals surface area contributed by atoms with Crippen LogP contribution in [0.2, 0.25) is 0 Å². The van der Waals surface area contributed by atoms with Crippen molar-refractivity contribution in [2.24, 2.45) is 0 Å². The van der Waals surface area contributed by atoms with E-state index in [-0.39, 0.29) is 5.69 Å². The fraction of sp³-hybridized carbons (Fsp3) is 0.250.